The minimum atomic E-state index is -4.93. The van der Waals surface area contributed by atoms with Crippen LogP contribution in [0.15, 0.2) is 17.0 Å². The molecular weight excluding hydrogens is 375 g/mol. The van der Waals surface area contributed by atoms with Gasteiger partial charge in [-0.1, -0.05) is 0 Å². The SMILES string of the molecule is NC1CCN(c2ccc(C(F)(F)F)c(S(N)(=O)=O)c2-c2nn[nH]n2)CC1. The van der Waals surface area contributed by atoms with Gasteiger partial charge in [0.25, 0.3) is 0 Å². The van der Waals surface area contributed by atoms with E-state index in [9.17, 15) is 21.6 Å². The second-order valence-electron chi connectivity index (χ2n) is 5.94. The Labute approximate surface area is 146 Å². The van der Waals surface area contributed by atoms with Gasteiger partial charge in [0.15, 0.2) is 0 Å². The van der Waals surface area contributed by atoms with Crippen molar-refractivity contribution >= 4 is 15.7 Å². The molecule has 0 saturated carbocycles. The van der Waals surface area contributed by atoms with Crippen molar-refractivity contribution in [3.05, 3.63) is 17.7 Å². The summed E-state index contributed by atoms with van der Waals surface area (Å²) in [6, 6.07) is 1.87. The van der Waals surface area contributed by atoms with Crippen LogP contribution in [-0.2, 0) is 16.2 Å². The van der Waals surface area contributed by atoms with Crippen molar-refractivity contribution in [2.24, 2.45) is 10.9 Å². The standard InChI is InChI=1S/C13H16F3N7O2S/c14-13(15,16)8-1-2-9(23-5-3-7(17)4-6-23)10(11(8)26(18,24)25)12-19-21-22-20-12/h1-2,7H,3-6,17H2,(H2,18,24,25)(H,19,20,21,22). The maximum absolute atomic E-state index is 13.4. The number of nitrogens with zero attached hydrogens (tertiary/aromatic N) is 4. The monoisotopic (exact) mass is 391 g/mol. The summed E-state index contributed by atoms with van der Waals surface area (Å²) in [7, 11) is -4.74. The zero-order chi connectivity index (χ0) is 19.1. The highest BCUT2D eigenvalue weighted by Gasteiger charge is 2.40. The Morgan fingerprint density at radius 2 is 1.88 bits per heavy atom. The highest BCUT2D eigenvalue weighted by Crippen LogP contribution is 2.43. The summed E-state index contributed by atoms with van der Waals surface area (Å²) in [5, 5.41) is 17.9. The van der Waals surface area contributed by atoms with Crippen LogP contribution in [0.2, 0.25) is 0 Å². The van der Waals surface area contributed by atoms with E-state index in [4.69, 9.17) is 10.9 Å². The molecule has 5 N–H and O–H groups in total. The summed E-state index contributed by atoms with van der Waals surface area (Å²) >= 11 is 0. The predicted molar refractivity (Wildman–Crippen MR) is 85.4 cm³/mol. The molecule has 142 valence electrons. The molecule has 0 radical (unpaired) electrons. The van der Waals surface area contributed by atoms with Crippen molar-refractivity contribution in [1.82, 2.24) is 20.6 Å². The van der Waals surface area contributed by atoms with Crippen molar-refractivity contribution in [3.63, 3.8) is 0 Å². The van der Waals surface area contributed by atoms with E-state index in [1.54, 1.807) is 4.90 Å². The number of rotatable bonds is 3. The molecule has 1 aliphatic rings. The largest absolute Gasteiger partial charge is 0.417 e. The van der Waals surface area contributed by atoms with Gasteiger partial charge in [-0.2, -0.15) is 18.4 Å². The van der Waals surface area contributed by atoms with Crippen LogP contribution in [0.1, 0.15) is 18.4 Å². The van der Waals surface area contributed by atoms with Crippen LogP contribution in [0.5, 0.6) is 0 Å². The molecule has 2 aromatic rings. The van der Waals surface area contributed by atoms with Crippen LogP contribution in [-0.4, -0.2) is 48.2 Å². The van der Waals surface area contributed by atoms with Crippen LogP contribution < -0.4 is 15.8 Å². The first-order valence-corrected chi connectivity index (χ1v) is 9.15. The van der Waals surface area contributed by atoms with E-state index in [1.165, 1.54) is 6.07 Å². The molecule has 1 saturated heterocycles. The molecule has 2 heterocycles. The first-order valence-electron chi connectivity index (χ1n) is 7.60. The number of sulfonamides is 1. The van der Waals surface area contributed by atoms with Gasteiger partial charge in [-0.25, -0.2) is 13.6 Å². The van der Waals surface area contributed by atoms with Crippen LogP contribution in [0.25, 0.3) is 11.4 Å². The van der Waals surface area contributed by atoms with Crippen LogP contribution in [0.3, 0.4) is 0 Å². The second kappa shape index (κ2) is 6.48. The number of nitrogens with two attached hydrogens (primary N) is 2. The molecule has 1 aromatic carbocycles. The minimum absolute atomic E-state index is 0.0213. The fourth-order valence-electron chi connectivity index (χ4n) is 2.98. The Bertz CT molecular complexity index is 891. The van der Waals surface area contributed by atoms with Crippen LogP contribution in [0.4, 0.5) is 18.9 Å². The first-order chi connectivity index (χ1) is 12.1. The quantitative estimate of drug-likeness (QED) is 0.689. The molecule has 1 fully saturated rings. The lowest BCUT2D eigenvalue weighted by Gasteiger charge is -2.33. The molecule has 0 bridgehead atoms. The fraction of sp³-hybridized carbons (Fsp3) is 0.462. The molecule has 13 heteroatoms. The lowest BCUT2D eigenvalue weighted by Crippen LogP contribution is -2.40. The lowest BCUT2D eigenvalue weighted by molar-refractivity contribution is -0.139. The normalized spacial score (nSPS) is 16.9. The molecule has 0 spiro atoms. The highest BCUT2D eigenvalue weighted by atomic mass is 32.2. The maximum Gasteiger partial charge on any atom is 0.417 e. The third kappa shape index (κ3) is 3.50. The van der Waals surface area contributed by atoms with Gasteiger partial charge < -0.3 is 10.6 Å². The Balaban J connectivity index is 2.30. The van der Waals surface area contributed by atoms with Gasteiger partial charge in [-0.15, -0.1) is 10.2 Å². The van der Waals surface area contributed by atoms with E-state index < -0.39 is 26.7 Å². The summed E-state index contributed by atoms with van der Waals surface area (Å²) in [6.45, 7) is 0.892. The van der Waals surface area contributed by atoms with Gasteiger partial charge in [-0.05, 0) is 30.2 Å². The number of aromatic nitrogens is 4. The van der Waals surface area contributed by atoms with Gasteiger partial charge in [0.05, 0.1) is 11.1 Å². The fourth-order valence-corrected chi connectivity index (χ4v) is 3.95. The number of halogens is 3. The highest BCUT2D eigenvalue weighted by molar-refractivity contribution is 7.89. The van der Waals surface area contributed by atoms with Crippen LogP contribution >= 0.6 is 0 Å². The van der Waals surface area contributed by atoms with Crippen molar-refractivity contribution in [2.45, 2.75) is 30.0 Å². The number of primary sulfonamides is 1. The lowest BCUT2D eigenvalue weighted by atomic mass is 10.0. The maximum atomic E-state index is 13.4. The number of aromatic amines is 1. The average Bonchev–Trinajstić information content (AvgIpc) is 3.06. The topological polar surface area (TPSA) is 144 Å². The van der Waals surface area contributed by atoms with E-state index >= 15 is 0 Å². The van der Waals surface area contributed by atoms with E-state index in [0.717, 1.165) is 0 Å². The van der Waals surface area contributed by atoms with Crippen molar-refractivity contribution in [1.29, 1.82) is 0 Å². The summed E-state index contributed by atoms with van der Waals surface area (Å²) in [5.74, 6) is -0.287. The number of anilines is 1. The number of alkyl halides is 3. The molecule has 0 amide bonds. The zero-order valence-corrected chi connectivity index (χ0v) is 14.2. The molecule has 1 aromatic heterocycles. The molecule has 26 heavy (non-hydrogen) atoms. The van der Waals surface area contributed by atoms with Gasteiger partial charge >= 0.3 is 6.18 Å². The number of piperidine rings is 1. The smallest absolute Gasteiger partial charge is 0.371 e. The Kier molecular flexibility index (Phi) is 4.62. The van der Waals surface area contributed by atoms with E-state index in [2.05, 4.69) is 20.6 Å². The third-order valence-corrected chi connectivity index (χ3v) is 5.17. The Hall–Kier alpha value is -2.25. The third-order valence-electron chi connectivity index (χ3n) is 4.17. The number of nitrogens with one attached hydrogen (secondary N) is 1. The predicted octanol–water partition coefficient (Wildman–Crippen LogP) is 0.460. The molecule has 1 aliphatic heterocycles. The van der Waals surface area contributed by atoms with E-state index in [0.29, 0.717) is 32.0 Å². The summed E-state index contributed by atoms with van der Waals surface area (Å²) in [4.78, 5) is 0.669. The number of hydrogen-bond donors (Lipinski definition) is 3. The zero-order valence-electron chi connectivity index (χ0n) is 13.4. The number of benzene rings is 1. The summed E-state index contributed by atoms with van der Waals surface area (Å²) in [6.07, 6.45) is -3.71. The van der Waals surface area contributed by atoms with Crippen molar-refractivity contribution in [3.8, 4) is 11.4 Å². The molecule has 0 unspecified atom stereocenters. The molecule has 9 nitrogen and oxygen atoms in total. The Morgan fingerprint density at radius 1 is 1.23 bits per heavy atom. The van der Waals surface area contributed by atoms with Crippen LogP contribution in [0, 0.1) is 0 Å². The van der Waals surface area contributed by atoms with Gasteiger partial charge in [0.2, 0.25) is 15.8 Å². The molecule has 3 rings (SSSR count). The van der Waals surface area contributed by atoms with E-state index in [1.807, 2.05) is 0 Å². The second-order valence-corrected chi connectivity index (χ2v) is 7.44. The summed E-state index contributed by atoms with van der Waals surface area (Å²) in [5.41, 5.74) is 4.38. The molecule has 0 atom stereocenters. The van der Waals surface area contributed by atoms with E-state index in [-0.39, 0.29) is 23.1 Å². The Morgan fingerprint density at radius 3 is 2.38 bits per heavy atom. The average molecular weight is 391 g/mol. The molecule has 0 aliphatic carbocycles. The number of hydrogen-bond acceptors (Lipinski definition) is 7. The number of tetrazole rings is 1. The van der Waals surface area contributed by atoms with Crippen molar-refractivity contribution < 1.29 is 21.6 Å². The first kappa shape index (κ1) is 18.5. The molecular formula is C13H16F3N7O2S. The van der Waals surface area contributed by atoms with Crippen molar-refractivity contribution in [2.75, 3.05) is 18.0 Å². The number of H-pyrrole nitrogens is 1. The van der Waals surface area contributed by atoms with Gasteiger partial charge in [-0.3, -0.25) is 0 Å². The van der Waals surface area contributed by atoms with Gasteiger partial charge in [0.1, 0.15) is 4.90 Å². The minimum Gasteiger partial charge on any atom is -0.371 e. The summed E-state index contributed by atoms with van der Waals surface area (Å²) < 4.78 is 64.3. The van der Waals surface area contributed by atoms with Gasteiger partial charge in [0, 0.05) is 24.8 Å².